The van der Waals surface area contributed by atoms with Crippen molar-refractivity contribution in [3.05, 3.63) is 64.2 Å². The Morgan fingerprint density at radius 2 is 1.72 bits per heavy atom. The van der Waals surface area contributed by atoms with Crippen LogP contribution >= 0.6 is 0 Å². The van der Waals surface area contributed by atoms with Crippen LogP contribution in [0.2, 0.25) is 0 Å². The molecule has 1 heterocycles. The number of benzene rings is 2. The van der Waals surface area contributed by atoms with Gasteiger partial charge in [-0.05, 0) is 67.6 Å². The number of aryl methyl sites for hydroxylation is 2. The van der Waals surface area contributed by atoms with Gasteiger partial charge in [-0.3, -0.25) is 9.59 Å². The molecule has 1 fully saturated rings. The number of rotatable bonds is 8. The van der Waals surface area contributed by atoms with Crippen LogP contribution in [-0.2, 0) is 9.59 Å². The summed E-state index contributed by atoms with van der Waals surface area (Å²) < 4.78 is 11.0. The quantitative estimate of drug-likeness (QED) is 0.360. The monoisotopic (exact) mass is 437 g/mol. The molecule has 0 radical (unpaired) electrons. The van der Waals surface area contributed by atoms with Gasteiger partial charge in [0.1, 0.15) is 17.3 Å². The number of ether oxygens (including phenoxy) is 2. The fourth-order valence-electron chi connectivity index (χ4n) is 4.07. The molecule has 0 spiro atoms. The Labute approximate surface area is 189 Å². The Bertz CT molecular complexity index is 1040. The number of aliphatic hydroxyl groups excluding tert-OH is 1. The Balaban J connectivity index is 2.14. The van der Waals surface area contributed by atoms with Crippen LogP contribution < -0.4 is 9.47 Å². The van der Waals surface area contributed by atoms with E-state index in [2.05, 4.69) is 0 Å². The summed E-state index contributed by atoms with van der Waals surface area (Å²) in [4.78, 5) is 27.5. The summed E-state index contributed by atoms with van der Waals surface area (Å²) in [6.45, 7) is 8.74. The minimum absolute atomic E-state index is 0.110. The van der Waals surface area contributed by atoms with Gasteiger partial charge in [0.2, 0.25) is 0 Å². The van der Waals surface area contributed by atoms with E-state index in [1.54, 1.807) is 18.1 Å². The third kappa shape index (κ3) is 4.35. The van der Waals surface area contributed by atoms with Crippen LogP contribution in [-0.4, -0.2) is 42.0 Å². The predicted octanol–water partition coefficient (Wildman–Crippen LogP) is 4.93. The number of nitrogens with zero attached hydrogens (tertiary/aromatic N) is 1. The van der Waals surface area contributed by atoms with Crippen molar-refractivity contribution in [1.29, 1.82) is 0 Å². The lowest BCUT2D eigenvalue weighted by molar-refractivity contribution is -0.139. The average Bonchev–Trinajstić information content (AvgIpc) is 3.04. The fraction of sp³-hybridized carbons (Fsp3) is 0.385. The SMILES string of the molecule is CCCOc1ccc(C2/C(=C(\O)c3cc(C)c(OC)cc3C)C(=O)C(=O)N2CCC)cc1. The zero-order valence-corrected chi connectivity index (χ0v) is 19.4. The van der Waals surface area contributed by atoms with Crippen LogP contribution in [0.5, 0.6) is 11.5 Å². The van der Waals surface area contributed by atoms with E-state index in [1.165, 1.54) is 0 Å². The topological polar surface area (TPSA) is 76.1 Å². The molecule has 3 rings (SSSR count). The number of likely N-dealkylation sites (tertiary alicyclic amines) is 1. The van der Waals surface area contributed by atoms with Gasteiger partial charge in [0, 0.05) is 12.1 Å². The van der Waals surface area contributed by atoms with Gasteiger partial charge in [-0.25, -0.2) is 0 Å². The molecule has 2 aromatic carbocycles. The van der Waals surface area contributed by atoms with Crippen molar-refractivity contribution >= 4 is 17.4 Å². The zero-order chi connectivity index (χ0) is 23.4. The lowest BCUT2D eigenvalue weighted by atomic mass is 9.93. The van der Waals surface area contributed by atoms with Gasteiger partial charge < -0.3 is 19.5 Å². The molecule has 6 heteroatoms. The van der Waals surface area contributed by atoms with Gasteiger partial charge in [-0.15, -0.1) is 0 Å². The number of hydrogen-bond acceptors (Lipinski definition) is 5. The number of amides is 1. The molecule has 170 valence electrons. The second-order valence-electron chi connectivity index (χ2n) is 8.05. The van der Waals surface area contributed by atoms with E-state index >= 15 is 0 Å². The van der Waals surface area contributed by atoms with Crippen molar-refractivity contribution in [3.8, 4) is 11.5 Å². The molecule has 1 amide bonds. The average molecular weight is 438 g/mol. The molecule has 6 nitrogen and oxygen atoms in total. The van der Waals surface area contributed by atoms with Crippen molar-refractivity contribution in [3.63, 3.8) is 0 Å². The van der Waals surface area contributed by atoms with Crippen molar-refractivity contribution in [2.24, 2.45) is 0 Å². The number of carbonyl (C=O) groups is 2. The lowest BCUT2D eigenvalue weighted by Gasteiger charge is -2.25. The van der Waals surface area contributed by atoms with E-state index in [-0.39, 0.29) is 11.3 Å². The smallest absolute Gasteiger partial charge is 0.295 e. The first-order valence-electron chi connectivity index (χ1n) is 11.0. The number of ketones is 1. The van der Waals surface area contributed by atoms with Gasteiger partial charge in [0.15, 0.2) is 0 Å². The van der Waals surface area contributed by atoms with Gasteiger partial charge in [-0.2, -0.15) is 0 Å². The minimum Gasteiger partial charge on any atom is -0.507 e. The predicted molar refractivity (Wildman–Crippen MR) is 124 cm³/mol. The fourth-order valence-corrected chi connectivity index (χ4v) is 4.07. The third-order valence-corrected chi connectivity index (χ3v) is 5.67. The van der Waals surface area contributed by atoms with Crippen molar-refractivity contribution in [2.45, 2.75) is 46.6 Å². The Hall–Kier alpha value is -3.28. The highest BCUT2D eigenvalue weighted by molar-refractivity contribution is 6.46. The van der Waals surface area contributed by atoms with Gasteiger partial charge in [-0.1, -0.05) is 26.0 Å². The van der Waals surface area contributed by atoms with E-state index in [1.807, 2.05) is 58.0 Å². The van der Waals surface area contributed by atoms with E-state index in [4.69, 9.17) is 9.47 Å². The normalized spacial score (nSPS) is 17.7. The van der Waals surface area contributed by atoms with E-state index < -0.39 is 17.7 Å². The summed E-state index contributed by atoms with van der Waals surface area (Å²) in [7, 11) is 1.59. The highest BCUT2D eigenvalue weighted by atomic mass is 16.5. The summed E-state index contributed by atoms with van der Waals surface area (Å²) in [6, 6.07) is 10.3. The molecule has 1 aliphatic rings. The van der Waals surface area contributed by atoms with E-state index in [0.29, 0.717) is 30.9 Å². The molecule has 1 saturated heterocycles. The summed E-state index contributed by atoms with van der Waals surface area (Å²) >= 11 is 0. The van der Waals surface area contributed by atoms with Crippen LogP contribution in [0, 0.1) is 13.8 Å². The standard InChI is InChI=1S/C26H31NO5/c1-6-12-27-23(18-8-10-19(11-9-18)32-13-7-2)22(25(29)26(27)30)24(28)20-14-17(4)21(31-5)15-16(20)3/h8-11,14-15,23,28H,6-7,12-13H2,1-5H3/b24-22+. The Kier molecular flexibility index (Phi) is 7.23. The van der Waals surface area contributed by atoms with Crippen LogP contribution in [0.25, 0.3) is 5.76 Å². The number of methoxy groups -OCH3 is 1. The molecule has 2 aromatic rings. The first-order chi connectivity index (χ1) is 15.3. The molecule has 32 heavy (non-hydrogen) atoms. The molecule has 0 bridgehead atoms. The van der Waals surface area contributed by atoms with Crippen LogP contribution in [0.1, 0.15) is 55.0 Å². The number of aliphatic hydroxyl groups is 1. The molecule has 0 aliphatic carbocycles. The highest BCUT2D eigenvalue weighted by Crippen LogP contribution is 2.41. The molecule has 0 aromatic heterocycles. The van der Waals surface area contributed by atoms with Gasteiger partial charge in [0.05, 0.1) is 25.3 Å². The molecule has 1 N–H and O–H groups in total. The van der Waals surface area contributed by atoms with Gasteiger partial charge in [0.25, 0.3) is 11.7 Å². The van der Waals surface area contributed by atoms with Crippen LogP contribution in [0.15, 0.2) is 42.0 Å². The van der Waals surface area contributed by atoms with Crippen molar-refractivity contribution in [2.75, 3.05) is 20.3 Å². The largest absolute Gasteiger partial charge is 0.507 e. The third-order valence-electron chi connectivity index (χ3n) is 5.67. The summed E-state index contributed by atoms with van der Waals surface area (Å²) in [6.07, 6.45) is 1.60. The summed E-state index contributed by atoms with van der Waals surface area (Å²) in [5.74, 6) is 0.00334. The van der Waals surface area contributed by atoms with Crippen LogP contribution in [0.4, 0.5) is 0 Å². The molecular weight excluding hydrogens is 406 g/mol. The maximum Gasteiger partial charge on any atom is 0.295 e. The molecular formula is C26H31NO5. The number of hydrogen-bond donors (Lipinski definition) is 1. The summed E-state index contributed by atoms with van der Waals surface area (Å²) in [5, 5.41) is 11.3. The molecule has 0 saturated carbocycles. The van der Waals surface area contributed by atoms with E-state index in [9.17, 15) is 14.7 Å². The lowest BCUT2D eigenvalue weighted by Crippen LogP contribution is -2.30. The zero-order valence-electron chi connectivity index (χ0n) is 19.4. The Morgan fingerprint density at radius 3 is 2.31 bits per heavy atom. The van der Waals surface area contributed by atoms with E-state index in [0.717, 1.165) is 28.9 Å². The molecule has 1 atom stereocenters. The molecule has 1 unspecified atom stereocenters. The van der Waals surface area contributed by atoms with Crippen molar-refractivity contribution < 1.29 is 24.2 Å². The van der Waals surface area contributed by atoms with Crippen LogP contribution in [0.3, 0.4) is 0 Å². The maximum absolute atomic E-state index is 13.1. The van der Waals surface area contributed by atoms with Crippen molar-refractivity contribution in [1.82, 2.24) is 4.90 Å². The second kappa shape index (κ2) is 9.90. The second-order valence-corrected chi connectivity index (χ2v) is 8.05. The number of Topliss-reactive ketones (excluding diaryl/α,β-unsaturated/α-hetero) is 1. The maximum atomic E-state index is 13.1. The minimum atomic E-state index is -0.667. The first kappa shape index (κ1) is 23.4. The number of carbonyl (C=O) groups excluding carboxylic acids is 2. The molecule has 1 aliphatic heterocycles. The Morgan fingerprint density at radius 1 is 1.03 bits per heavy atom. The highest BCUT2D eigenvalue weighted by Gasteiger charge is 2.45. The first-order valence-corrected chi connectivity index (χ1v) is 11.0. The summed E-state index contributed by atoms with van der Waals surface area (Å²) in [5.41, 5.74) is 2.97. The van der Waals surface area contributed by atoms with Gasteiger partial charge >= 0.3 is 0 Å².